The maximum atomic E-state index is 12.9. The molecule has 0 radical (unpaired) electrons. The number of anilines is 1. The highest BCUT2D eigenvalue weighted by atomic mass is 19.4. The molecule has 1 aliphatic heterocycles. The summed E-state index contributed by atoms with van der Waals surface area (Å²) in [6.07, 6.45) is -4.13. The average Bonchev–Trinajstić information content (AvgIpc) is 2.50. The molecule has 1 heterocycles. The van der Waals surface area contributed by atoms with Crippen LogP contribution in [0.4, 0.5) is 18.9 Å². The first-order chi connectivity index (χ1) is 8.22. The minimum absolute atomic E-state index is 0.0306. The second-order valence-corrected chi connectivity index (χ2v) is 5.13. The van der Waals surface area contributed by atoms with Crippen LogP contribution in [0.5, 0.6) is 0 Å². The van der Waals surface area contributed by atoms with Gasteiger partial charge in [-0.05, 0) is 26.0 Å². The average molecular weight is 257 g/mol. The van der Waals surface area contributed by atoms with Crippen LogP contribution in [0, 0.1) is 0 Å². The van der Waals surface area contributed by atoms with Crippen molar-refractivity contribution in [3.05, 3.63) is 29.8 Å². The summed E-state index contributed by atoms with van der Waals surface area (Å²) in [5.74, 6) is -0.0306. The summed E-state index contributed by atoms with van der Waals surface area (Å²) in [5, 5.41) is 0. The van der Waals surface area contributed by atoms with Crippen molar-refractivity contribution < 1.29 is 18.0 Å². The normalized spacial score (nSPS) is 19.4. The summed E-state index contributed by atoms with van der Waals surface area (Å²) in [7, 11) is 0. The zero-order chi connectivity index (χ0) is 13.6. The van der Waals surface area contributed by atoms with Crippen molar-refractivity contribution in [3.8, 4) is 0 Å². The zero-order valence-corrected chi connectivity index (χ0v) is 10.2. The quantitative estimate of drug-likeness (QED) is 0.769. The van der Waals surface area contributed by atoms with E-state index in [1.54, 1.807) is 19.9 Å². The summed E-state index contributed by atoms with van der Waals surface area (Å²) in [6.45, 7) is 3.61. The van der Waals surface area contributed by atoms with Gasteiger partial charge in [-0.25, -0.2) is 0 Å². The van der Waals surface area contributed by atoms with E-state index < -0.39 is 17.3 Å². The van der Waals surface area contributed by atoms with Gasteiger partial charge in [0.1, 0.15) is 0 Å². The van der Waals surface area contributed by atoms with Gasteiger partial charge >= 0.3 is 6.18 Å². The molecule has 0 amide bonds. The first kappa shape index (κ1) is 12.9. The predicted molar refractivity (Wildman–Crippen MR) is 62.5 cm³/mol. The molecule has 0 N–H and O–H groups in total. The molecule has 2 rings (SSSR count). The number of carbonyl (C=O) groups is 1. The van der Waals surface area contributed by atoms with E-state index in [0.29, 0.717) is 0 Å². The predicted octanol–water partition coefficient (Wildman–Crippen LogP) is 3.26. The molecule has 0 aromatic heterocycles. The maximum absolute atomic E-state index is 12.9. The number of alkyl halides is 3. The van der Waals surface area contributed by atoms with Gasteiger partial charge in [-0.1, -0.05) is 12.1 Å². The number of ketones is 1. The fourth-order valence-electron chi connectivity index (χ4n) is 2.38. The number of para-hydroxylation sites is 1. The Bertz CT molecular complexity index is 479. The van der Waals surface area contributed by atoms with E-state index >= 15 is 0 Å². The molecule has 18 heavy (non-hydrogen) atoms. The first-order valence-corrected chi connectivity index (χ1v) is 5.67. The lowest BCUT2D eigenvalue weighted by molar-refractivity contribution is -0.137. The van der Waals surface area contributed by atoms with Gasteiger partial charge in [-0.3, -0.25) is 4.79 Å². The third kappa shape index (κ3) is 2.21. The Morgan fingerprint density at radius 3 is 2.33 bits per heavy atom. The number of Topliss-reactive ketones (excluding diaryl/α,β-unsaturated/α-hetero) is 1. The Balaban J connectivity index is 2.49. The summed E-state index contributed by atoms with van der Waals surface area (Å²) in [4.78, 5) is 13.0. The fraction of sp³-hybridized carbons (Fsp3) is 0.462. The Morgan fingerprint density at radius 2 is 1.83 bits per heavy atom. The molecule has 0 atom stereocenters. The van der Waals surface area contributed by atoms with Crippen LogP contribution in [0.15, 0.2) is 24.3 Å². The summed E-state index contributed by atoms with van der Waals surface area (Å²) in [6, 6.07) is 5.39. The standard InChI is InChI=1S/C13H14F3NO/c1-12(2)7-9(18)8-17(12)11-6-4-3-5-10(11)13(14,15)16/h3-6H,7-8H2,1-2H3. The third-order valence-corrected chi connectivity index (χ3v) is 3.20. The van der Waals surface area contributed by atoms with Crippen molar-refractivity contribution in [3.63, 3.8) is 0 Å². The Hall–Kier alpha value is -1.52. The second kappa shape index (κ2) is 4.00. The molecule has 2 nitrogen and oxygen atoms in total. The largest absolute Gasteiger partial charge is 0.418 e. The van der Waals surface area contributed by atoms with Crippen LogP contribution >= 0.6 is 0 Å². The van der Waals surface area contributed by atoms with Crippen LogP contribution in [0.3, 0.4) is 0 Å². The maximum Gasteiger partial charge on any atom is 0.418 e. The minimum Gasteiger partial charge on any atom is -0.358 e. The van der Waals surface area contributed by atoms with Gasteiger partial charge in [0.15, 0.2) is 5.78 Å². The second-order valence-electron chi connectivity index (χ2n) is 5.13. The molecular weight excluding hydrogens is 243 g/mol. The molecule has 0 aliphatic carbocycles. The van der Waals surface area contributed by atoms with Gasteiger partial charge in [0.05, 0.1) is 12.1 Å². The first-order valence-electron chi connectivity index (χ1n) is 5.67. The summed E-state index contributed by atoms with van der Waals surface area (Å²) in [5.41, 5.74) is -1.17. The summed E-state index contributed by atoms with van der Waals surface area (Å²) >= 11 is 0. The zero-order valence-electron chi connectivity index (χ0n) is 10.2. The van der Waals surface area contributed by atoms with Crippen LogP contribution in [-0.4, -0.2) is 17.9 Å². The van der Waals surface area contributed by atoms with E-state index in [0.717, 1.165) is 6.07 Å². The molecule has 1 aliphatic rings. The monoisotopic (exact) mass is 257 g/mol. The smallest absolute Gasteiger partial charge is 0.358 e. The lowest BCUT2D eigenvalue weighted by Gasteiger charge is -2.34. The molecule has 1 aromatic carbocycles. The van der Waals surface area contributed by atoms with E-state index in [9.17, 15) is 18.0 Å². The number of nitrogens with zero attached hydrogens (tertiary/aromatic N) is 1. The van der Waals surface area contributed by atoms with Gasteiger partial charge in [-0.2, -0.15) is 13.2 Å². The number of rotatable bonds is 1. The molecular formula is C13H14F3NO. The van der Waals surface area contributed by atoms with Crippen LogP contribution in [0.1, 0.15) is 25.8 Å². The van der Waals surface area contributed by atoms with Crippen LogP contribution in [-0.2, 0) is 11.0 Å². The number of halogens is 3. The molecule has 98 valence electrons. The molecule has 0 saturated carbocycles. The van der Waals surface area contributed by atoms with Crippen molar-refractivity contribution >= 4 is 11.5 Å². The molecule has 0 unspecified atom stereocenters. The van der Waals surface area contributed by atoms with E-state index in [-0.39, 0.29) is 24.4 Å². The van der Waals surface area contributed by atoms with E-state index in [1.165, 1.54) is 17.0 Å². The van der Waals surface area contributed by atoms with E-state index in [2.05, 4.69) is 0 Å². The van der Waals surface area contributed by atoms with Gasteiger partial charge in [0, 0.05) is 17.6 Å². The lowest BCUT2D eigenvalue weighted by Crippen LogP contribution is -2.39. The topological polar surface area (TPSA) is 20.3 Å². The van der Waals surface area contributed by atoms with Gasteiger partial charge in [0.25, 0.3) is 0 Å². The van der Waals surface area contributed by atoms with Gasteiger partial charge < -0.3 is 4.90 Å². The summed E-state index contributed by atoms with van der Waals surface area (Å²) < 4.78 is 38.8. The minimum atomic E-state index is -4.40. The molecule has 0 bridgehead atoms. The highest BCUT2D eigenvalue weighted by Gasteiger charge is 2.42. The van der Waals surface area contributed by atoms with Gasteiger partial charge in [-0.15, -0.1) is 0 Å². The van der Waals surface area contributed by atoms with Crippen molar-refractivity contribution in [2.45, 2.75) is 32.0 Å². The highest BCUT2D eigenvalue weighted by Crippen LogP contribution is 2.40. The third-order valence-electron chi connectivity index (χ3n) is 3.20. The SMILES string of the molecule is CC1(C)CC(=O)CN1c1ccccc1C(F)(F)F. The van der Waals surface area contributed by atoms with Crippen molar-refractivity contribution in [2.24, 2.45) is 0 Å². The number of hydrogen-bond acceptors (Lipinski definition) is 2. The van der Waals surface area contributed by atoms with Crippen LogP contribution < -0.4 is 4.90 Å². The van der Waals surface area contributed by atoms with Gasteiger partial charge in [0.2, 0.25) is 0 Å². The van der Waals surface area contributed by atoms with Crippen molar-refractivity contribution in [2.75, 3.05) is 11.4 Å². The molecule has 0 spiro atoms. The Labute approximate surface area is 103 Å². The fourth-order valence-corrected chi connectivity index (χ4v) is 2.38. The van der Waals surface area contributed by atoms with Crippen molar-refractivity contribution in [1.29, 1.82) is 0 Å². The highest BCUT2D eigenvalue weighted by molar-refractivity contribution is 5.89. The molecule has 1 fully saturated rings. The Morgan fingerprint density at radius 1 is 1.22 bits per heavy atom. The molecule has 5 heteroatoms. The van der Waals surface area contributed by atoms with Crippen LogP contribution in [0.2, 0.25) is 0 Å². The number of carbonyl (C=O) groups excluding carboxylic acids is 1. The number of hydrogen-bond donors (Lipinski definition) is 0. The Kier molecular flexibility index (Phi) is 2.87. The lowest BCUT2D eigenvalue weighted by atomic mass is 10.00. The molecule has 1 aromatic rings. The number of benzene rings is 1. The van der Waals surface area contributed by atoms with Crippen LogP contribution in [0.25, 0.3) is 0 Å². The van der Waals surface area contributed by atoms with Crippen molar-refractivity contribution in [1.82, 2.24) is 0 Å². The molecule has 1 saturated heterocycles. The van der Waals surface area contributed by atoms with E-state index in [1.807, 2.05) is 0 Å². The van der Waals surface area contributed by atoms with E-state index in [4.69, 9.17) is 0 Å².